The normalized spacial score (nSPS) is 23.4. The van der Waals surface area contributed by atoms with E-state index >= 15 is 0 Å². The number of hydrogen-bond donors (Lipinski definition) is 1. The van der Waals surface area contributed by atoms with Gasteiger partial charge in [-0.25, -0.2) is 9.97 Å². The average Bonchev–Trinajstić information content (AvgIpc) is 2.85. The zero-order valence-corrected chi connectivity index (χ0v) is 12.0. The molecule has 2 rings (SSSR count). The van der Waals surface area contributed by atoms with Gasteiger partial charge in [0.1, 0.15) is 6.33 Å². The van der Waals surface area contributed by atoms with Crippen molar-refractivity contribution in [1.29, 1.82) is 0 Å². The third-order valence-corrected chi connectivity index (χ3v) is 4.59. The highest BCUT2D eigenvalue weighted by Crippen LogP contribution is 2.30. The lowest BCUT2D eigenvalue weighted by molar-refractivity contribution is 0.393. The number of thioether (sulfide) groups is 1. The van der Waals surface area contributed by atoms with Crippen molar-refractivity contribution in [2.24, 2.45) is 5.92 Å². The van der Waals surface area contributed by atoms with Crippen molar-refractivity contribution in [3.63, 3.8) is 0 Å². The standard InChI is InChI=1S/C14H23N3S/c1-2-8-16-13-5-3-4-12(13)7-10-18-14-6-9-15-11-17-14/h6,9,11-13,16H,2-5,7-8,10H2,1H3. The summed E-state index contributed by atoms with van der Waals surface area (Å²) in [4.78, 5) is 8.19. The van der Waals surface area contributed by atoms with E-state index in [4.69, 9.17) is 0 Å². The van der Waals surface area contributed by atoms with E-state index in [0.717, 1.165) is 17.0 Å². The van der Waals surface area contributed by atoms with Crippen LogP contribution in [0.3, 0.4) is 0 Å². The van der Waals surface area contributed by atoms with Gasteiger partial charge in [0, 0.05) is 12.2 Å². The Bertz CT molecular complexity index is 331. The van der Waals surface area contributed by atoms with Crippen LogP contribution in [0.1, 0.15) is 39.0 Å². The van der Waals surface area contributed by atoms with Crippen LogP contribution < -0.4 is 5.32 Å². The SMILES string of the molecule is CCCNC1CCCC1CCSc1ccncn1. The second-order valence-corrected chi connectivity index (χ2v) is 6.05. The lowest BCUT2D eigenvalue weighted by atomic mass is 10.0. The van der Waals surface area contributed by atoms with Crippen LogP contribution in [0.25, 0.3) is 0 Å². The lowest BCUT2D eigenvalue weighted by Crippen LogP contribution is -2.33. The molecule has 3 nitrogen and oxygen atoms in total. The van der Waals surface area contributed by atoms with E-state index in [1.54, 1.807) is 6.33 Å². The molecule has 0 aliphatic heterocycles. The quantitative estimate of drug-likeness (QED) is 0.607. The van der Waals surface area contributed by atoms with Crippen molar-refractivity contribution in [3.05, 3.63) is 18.6 Å². The minimum Gasteiger partial charge on any atom is -0.314 e. The Morgan fingerprint density at radius 2 is 2.39 bits per heavy atom. The minimum absolute atomic E-state index is 0.760. The Balaban J connectivity index is 1.69. The van der Waals surface area contributed by atoms with Gasteiger partial charge < -0.3 is 5.32 Å². The predicted molar refractivity (Wildman–Crippen MR) is 76.8 cm³/mol. The molecule has 4 heteroatoms. The highest BCUT2D eigenvalue weighted by molar-refractivity contribution is 7.99. The van der Waals surface area contributed by atoms with Crippen molar-refractivity contribution in [2.75, 3.05) is 12.3 Å². The summed E-state index contributed by atoms with van der Waals surface area (Å²) in [6.45, 7) is 3.40. The van der Waals surface area contributed by atoms with Crippen molar-refractivity contribution in [2.45, 2.75) is 50.1 Å². The van der Waals surface area contributed by atoms with Crippen molar-refractivity contribution >= 4 is 11.8 Å². The van der Waals surface area contributed by atoms with Gasteiger partial charge >= 0.3 is 0 Å². The molecule has 18 heavy (non-hydrogen) atoms. The fraction of sp³-hybridized carbons (Fsp3) is 0.714. The minimum atomic E-state index is 0.760. The van der Waals surface area contributed by atoms with E-state index in [1.807, 2.05) is 24.0 Å². The maximum absolute atomic E-state index is 4.25. The van der Waals surface area contributed by atoms with Crippen LogP contribution >= 0.6 is 11.8 Å². The van der Waals surface area contributed by atoms with E-state index in [2.05, 4.69) is 22.2 Å². The topological polar surface area (TPSA) is 37.8 Å². The van der Waals surface area contributed by atoms with Crippen LogP contribution in [0.4, 0.5) is 0 Å². The van der Waals surface area contributed by atoms with E-state index < -0.39 is 0 Å². The van der Waals surface area contributed by atoms with E-state index in [9.17, 15) is 0 Å². The molecule has 1 N–H and O–H groups in total. The molecular weight excluding hydrogens is 242 g/mol. The van der Waals surface area contributed by atoms with Gasteiger partial charge in [-0.15, -0.1) is 11.8 Å². The molecule has 0 aromatic carbocycles. The zero-order valence-electron chi connectivity index (χ0n) is 11.1. The van der Waals surface area contributed by atoms with Crippen LogP contribution in [0.2, 0.25) is 0 Å². The van der Waals surface area contributed by atoms with Gasteiger partial charge in [-0.2, -0.15) is 0 Å². The Labute approximate surface area is 114 Å². The van der Waals surface area contributed by atoms with Gasteiger partial charge in [0.2, 0.25) is 0 Å². The first-order valence-corrected chi connectivity index (χ1v) is 8.01. The second-order valence-electron chi connectivity index (χ2n) is 4.94. The molecule has 0 radical (unpaired) electrons. The predicted octanol–water partition coefficient (Wildman–Crippen LogP) is 3.13. The third-order valence-electron chi connectivity index (χ3n) is 3.61. The molecule has 0 bridgehead atoms. The second kappa shape index (κ2) is 7.74. The van der Waals surface area contributed by atoms with Crippen LogP contribution in [0, 0.1) is 5.92 Å². The zero-order chi connectivity index (χ0) is 12.6. The Hall–Kier alpha value is -0.610. The monoisotopic (exact) mass is 265 g/mol. The van der Waals surface area contributed by atoms with E-state index in [-0.39, 0.29) is 0 Å². The molecule has 100 valence electrons. The average molecular weight is 265 g/mol. The first kappa shape index (κ1) is 13.8. The molecule has 1 aromatic heterocycles. The van der Waals surface area contributed by atoms with Crippen LogP contribution in [0.5, 0.6) is 0 Å². The largest absolute Gasteiger partial charge is 0.314 e. The smallest absolute Gasteiger partial charge is 0.116 e. The number of rotatable bonds is 7. The summed E-state index contributed by atoms with van der Waals surface area (Å²) in [6, 6.07) is 2.75. The third kappa shape index (κ3) is 4.25. The number of aromatic nitrogens is 2. The van der Waals surface area contributed by atoms with E-state index in [1.165, 1.54) is 44.4 Å². The highest BCUT2D eigenvalue weighted by atomic mass is 32.2. The van der Waals surface area contributed by atoms with Gasteiger partial charge in [0.25, 0.3) is 0 Å². The molecule has 1 aromatic rings. The Morgan fingerprint density at radius 3 is 3.17 bits per heavy atom. The van der Waals surface area contributed by atoms with Crippen molar-refractivity contribution < 1.29 is 0 Å². The fourth-order valence-electron chi connectivity index (χ4n) is 2.66. The molecule has 2 unspecified atom stereocenters. The van der Waals surface area contributed by atoms with Gasteiger partial charge in [0.05, 0.1) is 5.03 Å². The number of nitrogens with zero attached hydrogens (tertiary/aromatic N) is 2. The first-order valence-electron chi connectivity index (χ1n) is 7.02. The lowest BCUT2D eigenvalue weighted by Gasteiger charge is -2.20. The first-order chi connectivity index (χ1) is 8.90. The van der Waals surface area contributed by atoms with Crippen LogP contribution in [-0.2, 0) is 0 Å². The van der Waals surface area contributed by atoms with Crippen LogP contribution in [-0.4, -0.2) is 28.3 Å². The van der Waals surface area contributed by atoms with Gasteiger partial charge in [0.15, 0.2) is 0 Å². The molecule has 1 heterocycles. The van der Waals surface area contributed by atoms with Gasteiger partial charge in [-0.05, 0) is 50.0 Å². The maximum atomic E-state index is 4.25. The van der Waals surface area contributed by atoms with E-state index in [0.29, 0.717) is 0 Å². The summed E-state index contributed by atoms with van der Waals surface area (Å²) in [5.41, 5.74) is 0. The number of nitrogens with one attached hydrogen (secondary N) is 1. The van der Waals surface area contributed by atoms with Gasteiger partial charge in [-0.3, -0.25) is 0 Å². The molecule has 2 atom stereocenters. The Morgan fingerprint density at radius 1 is 1.44 bits per heavy atom. The molecule has 0 saturated heterocycles. The fourth-order valence-corrected chi connectivity index (χ4v) is 3.57. The molecule has 1 aliphatic rings. The summed E-state index contributed by atoms with van der Waals surface area (Å²) >= 11 is 1.85. The molecule has 0 amide bonds. The van der Waals surface area contributed by atoms with Gasteiger partial charge in [-0.1, -0.05) is 13.3 Å². The summed E-state index contributed by atoms with van der Waals surface area (Å²) in [7, 11) is 0. The molecule has 1 saturated carbocycles. The van der Waals surface area contributed by atoms with Crippen molar-refractivity contribution in [3.8, 4) is 0 Å². The maximum Gasteiger partial charge on any atom is 0.116 e. The molecule has 1 fully saturated rings. The number of hydrogen-bond acceptors (Lipinski definition) is 4. The highest BCUT2D eigenvalue weighted by Gasteiger charge is 2.25. The molecule has 1 aliphatic carbocycles. The van der Waals surface area contributed by atoms with Crippen molar-refractivity contribution in [1.82, 2.24) is 15.3 Å². The molecular formula is C14H23N3S. The summed E-state index contributed by atoms with van der Waals surface area (Å²) < 4.78 is 0. The molecule has 0 spiro atoms. The summed E-state index contributed by atoms with van der Waals surface area (Å²) in [6.07, 6.45) is 10.1. The van der Waals surface area contributed by atoms with Crippen LogP contribution in [0.15, 0.2) is 23.6 Å². The Kier molecular flexibility index (Phi) is 5.94. The summed E-state index contributed by atoms with van der Waals surface area (Å²) in [5, 5.41) is 4.79. The summed E-state index contributed by atoms with van der Waals surface area (Å²) in [5.74, 6) is 2.04.